The summed E-state index contributed by atoms with van der Waals surface area (Å²) in [5.74, 6) is -3.19. The van der Waals surface area contributed by atoms with E-state index < -0.39 is 35.9 Å². The van der Waals surface area contributed by atoms with Crippen LogP contribution in [0, 0.1) is 0 Å². The minimum Gasteiger partial charge on any atom is -0.478 e. The van der Waals surface area contributed by atoms with Gasteiger partial charge in [-0.3, -0.25) is 9.78 Å². The Morgan fingerprint density at radius 2 is 1.23 bits per heavy atom. The SMILES string of the molecule is CCCC(C(=O)OCc1ccccc1)N(C(=O)c1ccc(C(=O)O)cn1)C(CCC)C(=O)OCc1ccccc1. The molecule has 9 heteroatoms. The van der Waals surface area contributed by atoms with E-state index in [2.05, 4.69) is 4.98 Å². The van der Waals surface area contributed by atoms with E-state index in [4.69, 9.17) is 9.47 Å². The van der Waals surface area contributed by atoms with Crippen molar-refractivity contribution in [3.8, 4) is 0 Å². The smallest absolute Gasteiger partial charge is 0.337 e. The van der Waals surface area contributed by atoms with Crippen molar-refractivity contribution < 1.29 is 33.8 Å². The number of carboxylic acids is 1. The van der Waals surface area contributed by atoms with Crippen molar-refractivity contribution >= 4 is 23.8 Å². The summed E-state index contributed by atoms with van der Waals surface area (Å²) >= 11 is 0. The Hall–Kier alpha value is -4.53. The summed E-state index contributed by atoms with van der Waals surface area (Å²) < 4.78 is 11.2. The number of ether oxygens (including phenoxy) is 2. The largest absolute Gasteiger partial charge is 0.478 e. The highest BCUT2D eigenvalue weighted by Crippen LogP contribution is 2.22. The summed E-state index contributed by atoms with van der Waals surface area (Å²) in [7, 11) is 0. The summed E-state index contributed by atoms with van der Waals surface area (Å²) in [6.45, 7) is 3.74. The number of hydrogen-bond donors (Lipinski definition) is 1. The molecule has 1 N–H and O–H groups in total. The zero-order valence-corrected chi connectivity index (χ0v) is 22.7. The summed E-state index contributed by atoms with van der Waals surface area (Å²) in [5.41, 5.74) is 1.37. The van der Waals surface area contributed by atoms with E-state index in [1.54, 1.807) is 0 Å². The summed E-state index contributed by atoms with van der Waals surface area (Å²) in [5, 5.41) is 9.23. The minimum absolute atomic E-state index is 0.00434. The molecule has 1 aromatic heterocycles. The van der Waals surface area contributed by atoms with Gasteiger partial charge in [-0.25, -0.2) is 14.4 Å². The molecule has 0 aliphatic carbocycles. The lowest BCUT2D eigenvalue weighted by atomic mass is 10.0. The molecule has 0 saturated carbocycles. The first-order valence-corrected chi connectivity index (χ1v) is 13.3. The lowest BCUT2D eigenvalue weighted by Gasteiger charge is -2.35. The number of rotatable bonds is 14. The van der Waals surface area contributed by atoms with Crippen molar-refractivity contribution in [3.05, 3.63) is 101 Å². The van der Waals surface area contributed by atoms with Crippen molar-refractivity contribution in [2.75, 3.05) is 0 Å². The topological polar surface area (TPSA) is 123 Å². The molecule has 1 amide bonds. The molecule has 3 aromatic rings. The number of nitrogens with zero attached hydrogens (tertiary/aromatic N) is 2. The fourth-order valence-corrected chi connectivity index (χ4v) is 4.22. The fourth-order valence-electron chi connectivity index (χ4n) is 4.22. The van der Waals surface area contributed by atoms with Crippen LogP contribution in [0.4, 0.5) is 0 Å². The first-order valence-electron chi connectivity index (χ1n) is 13.3. The Bertz CT molecular complexity index is 1200. The van der Waals surface area contributed by atoms with Crippen LogP contribution >= 0.6 is 0 Å². The van der Waals surface area contributed by atoms with Crippen molar-refractivity contribution in [1.29, 1.82) is 0 Å². The number of carbonyl (C=O) groups excluding carboxylic acids is 3. The van der Waals surface area contributed by atoms with Gasteiger partial charge >= 0.3 is 17.9 Å². The normalized spacial score (nSPS) is 12.2. The second-order valence-electron chi connectivity index (χ2n) is 9.25. The molecule has 0 aliphatic rings. The second-order valence-corrected chi connectivity index (χ2v) is 9.25. The third-order valence-corrected chi connectivity index (χ3v) is 6.25. The third kappa shape index (κ3) is 8.23. The lowest BCUT2D eigenvalue weighted by Crippen LogP contribution is -2.54. The van der Waals surface area contributed by atoms with Gasteiger partial charge in [-0.05, 0) is 36.1 Å². The summed E-state index contributed by atoms with van der Waals surface area (Å²) in [6, 6.07) is 18.6. The van der Waals surface area contributed by atoms with E-state index >= 15 is 0 Å². The molecule has 0 spiro atoms. The van der Waals surface area contributed by atoms with Gasteiger partial charge in [-0.2, -0.15) is 0 Å². The van der Waals surface area contributed by atoms with Gasteiger partial charge in [0.05, 0.1) is 5.56 Å². The zero-order valence-electron chi connectivity index (χ0n) is 22.7. The third-order valence-electron chi connectivity index (χ3n) is 6.25. The second kappa shape index (κ2) is 15.2. The standard InChI is InChI=1S/C31H34N2O7/c1-3-11-26(30(37)39-20-22-13-7-5-8-14-22)33(28(34)25-18-17-24(19-32-25)29(35)36)27(12-4-2)31(38)40-21-23-15-9-6-10-16-23/h5-10,13-19,26-27H,3-4,11-12,20-21H2,1-2H3,(H,35,36). The van der Waals surface area contributed by atoms with Crippen LogP contribution in [-0.4, -0.2) is 50.9 Å². The maximum atomic E-state index is 13.9. The molecule has 2 atom stereocenters. The highest BCUT2D eigenvalue weighted by molar-refractivity contribution is 5.98. The molecule has 0 fully saturated rings. The van der Waals surface area contributed by atoms with E-state index in [1.165, 1.54) is 17.0 Å². The average Bonchev–Trinajstić information content (AvgIpc) is 2.98. The molecular weight excluding hydrogens is 512 g/mol. The molecule has 40 heavy (non-hydrogen) atoms. The van der Waals surface area contributed by atoms with Crippen LogP contribution in [0.15, 0.2) is 79.0 Å². The Kier molecular flexibility index (Phi) is 11.4. The Balaban J connectivity index is 1.96. The van der Waals surface area contributed by atoms with Crippen molar-refractivity contribution in [2.24, 2.45) is 0 Å². The van der Waals surface area contributed by atoms with E-state index in [-0.39, 0.29) is 37.3 Å². The summed E-state index contributed by atoms with van der Waals surface area (Å²) in [4.78, 5) is 57.4. The zero-order chi connectivity index (χ0) is 28.9. The predicted octanol–water partition coefficient (Wildman–Crippen LogP) is 5.05. The molecule has 0 radical (unpaired) electrons. The molecule has 1 heterocycles. The van der Waals surface area contributed by atoms with Crippen LogP contribution in [0.3, 0.4) is 0 Å². The number of hydrogen-bond acceptors (Lipinski definition) is 7. The molecule has 2 aromatic carbocycles. The van der Waals surface area contributed by atoms with E-state index in [0.717, 1.165) is 17.3 Å². The number of amides is 1. The number of benzene rings is 2. The highest BCUT2D eigenvalue weighted by atomic mass is 16.5. The molecular formula is C31H34N2O7. The Morgan fingerprint density at radius 1 is 0.750 bits per heavy atom. The fraction of sp³-hybridized carbons (Fsp3) is 0.323. The predicted molar refractivity (Wildman–Crippen MR) is 147 cm³/mol. The molecule has 2 unspecified atom stereocenters. The maximum Gasteiger partial charge on any atom is 0.337 e. The van der Waals surface area contributed by atoms with Crippen molar-refractivity contribution in [3.63, 3.8) is 0 Å². The monoisotopic (exact) mass is 546 g/mol. The first kappa shape index (κ1) is 30.0. The number of aromatic nitrogens is 1. The number of pyridine rings is 1. The van der Waals surface area contributed by atoms with Gasteiger partial charge in [0.25, 0.3) is 5.91 Å². The molecule has 0 bridgehead atoms. The number of aromatic carboxylic acids is 1. The van der Waals surface area contributed by atoms with Crippen LogP contribution in [0.5, 0.6) is 0 Å². The Labute approximate surface area is 233 Å². The van der Waals surface area contributed by atoms with Crippen LogP contribution in [0.2, 0.25) is 0 Å². The average molecular weight is 547 g/mol. The number of carboxylic acid groups (broad SMARTS) is 1. The quantitative estimate of drug-likeness (QED) is 0.279. The van der Waals surface area contributed by atoms with E-state index in [1.807, 2.05) is 74.5 Å². The van der Waals surface area contributed by atoms with Gasteiger partial charge in [0.2, 0.25) is 0 Å². The molecule has 210 valence electrons. The van der Waals surface area contributed by atoms with Gasteiger partial charge in [-0.15, -0.1) is 0 Å². The number of carbonyl (C=O) groups is 4. The summed E-state index contributed by atoms with van der Waals surface area (Å²) in [6.07, 6.45) is 2.59. The van der Waals surface area contributed by atoms with Crippen LogP contribution in [0.25, 0.3) is 0 Å². The van der Waals surface area contributed by atoms with Gasteiger partial charge in [-0.1, -0.05) is 87.4 Å². The van der Waals surface area contributed by atoms with Gasteiger partial charge in [0.1, 0.15) is 31.0 Å². The van der Waals surface area contributed by atoms with E-state index in [0.29, 0.717) is 12.8 Å². The highest BCUT2D eigenvalue weighted by Gasteiger charge is 2.40. The van der Waals surface area contributed by atoms with Crippen LogP contribution in [-0.2, 0) is 32.3 Å². The number of esters is 2. The maximum absolute atomic E-state index is 13.9. The van der Waals surface area contributed by atoms with Gasteiger partial charge in [0, 0.05) is 6.20 Å². The lowest BCUT2D eigenvalue weighted by molar-refractivity contribution is -0.157. The van der Waals surface area contributed by atoms with Crippen molar-refractivity contribution in [2.45, 2.75) is 64.8 Å². The molecule has 9 nitrogen and oxygen atoms in total. The molecule has 0 aliphatic heterocycles. The van der Waals surface area contributed by atoms with Gasteiger partial charge in [0.15, 0.2) is 0 Å². The van der Waals surface area contributed by atoms with Crippen molar-refractivity contribution in [1.82, 2.24) is 9.88 Å². The Morgan fingerprint density at radius 3 is 1.60 bits per heavy atom. The molecule has 3 rings (SSSR count). The van der Waals surface area contributed by atoms with E-state index in [9.17, 15) is 24.3 Å². The van der Waals surface area contributed by atoms with Gasteiger partial charge < -0.3 is 19.5 Å². The van der Waals surface area contributed by atoms with Crippen LogP contribution in [0.1, 0.15) is 71.5 Å². The molecule has 0 saturated heterocycles. The minimum atomic E-state index is -1.19. The van der Waals surface area contributed by atoms with Crippen LogP contribution < -0.4 is 0 Å². The first-order chi connectivity index (χ1) is 19.3.